The van der Waals surface area contributed by atoms with Crippen molar-refractivity contribution in [3.05, 3.63) is 29.8 Å². The van der Waals surface area contributed by atoms with Gasteiger partial charge in [-0.3, -0.25) is 9.35 Å². The van der Waals surface area contributed by atoms with E-state index < -0.39 is 34.3 Å². The SMILES string of the molecule is O=C(Nc1ccccc1C1CCNCC1)N1CC[C@@H]2[C@H]1C(=O)N2S(=O)(=O)O. The molecule has 0 radical (unpaired) electrons. The normalized spacial score (nSPS) is 25.9. The first kappa shape index (κ1) is 18.2. The number of likely N-dealkylation sites (tertiary alicyclic amines) is 1. The largest absolute Gasteiger partial charge is 0.362 e. The van der Waals surface area contributed by atoms with Crippen molar-refractivity contribution in [2.24, 2.45) is 0 Å². The van der Waals surface area contributed by atoms with Crippen molar-refractivity contribution in [3.63, 3.8) is 0 Å². The molecule has 146 valence electrons. The first-order chi connectivity index (χ1) is 12.9. The molecule has 3 aliphatic heterocycles. The number of β-lactam (4-membered cyclic amide) rings is 1. The summed E-state index contributed by atoms with van der Waals surface area (Å²) in [5, 5.41) is 6.21. The molecule has 1 aromatic rings. The van der Waals surface area contributed by atoms with Crippen molar-refractivity contribution in [1.82, 2.24) is 14.5 Å². The van der Waals surface area contributed by atoms with Crippen LogP contribution in [0.2, 0.25) is 0 Å². The van der Waals surface area contributed by atoms with Gasteiger partial charge in [-0.05, 0) is 49.9 Å². The number of rotatable bonds is 3. The van der Waals surface area contributed by atoms with Crippen LogP contribution in [0.25, 0.3) is 0 Å². The summed E-state index contributed by atoms with van der Waals surface area (Å²) in [7, 11) is -4.58. The highest BCUT2D eigenvalue weighted by atomic mass is 32.2. The highest BCUT2D eigenvalue weighted by Gasteiger charge is 2.60. The fraction of sp³-hybridized carbons (Fsp3) is 0.529. The number of nitrogens with one attached hydrogen (secondary N) is 2. The lowest BCUT2D eigenvalue weighted by atomic mass is 9.89. The molecule has 10 heteroatoms. The number of carbonyl (C=O) groups is 2. The molecular formula is C17H22N4O5S. The number of benzene rings is 1. The molecule has 0 saturated carbocycles. The van der Waals surface area contributed by atoms with Crippen LogP contribution in [0.4, 0.5) is 10.5 Å². The average molecular weight is 394 g/mol. The highest BCUT2D eigenvalue weighted by Crippen LogP contribution is 2.36. The van der Waals surface area contributed by atoms with Crippen LogP contribution < -0.4 is 10.6 Å². The van der Waals surface area contributed by atoms with Crippen molar-refractivity contribution in [2.45, 2.75) is 37.3 Å². The van der Waals surface area contributed by atoms with Gasteiger partial charge in [-0.2, -0.15) is 8.42 Å². The Balaban J connectivity index is 1.49. The lowest BCUT2D eigenvalue weighted by molar-refractivity contribution is -0.143. The number of urea groups is 1. The van der Waals surface area contributed by atoms with Crippen LogP contribution in [0.3, 0.4) is 0 Å². The van der Waals surface area contributed by atoms with Crippen LogP contribution in [0.5, 0.6) is 0 Å². The van der Waals surface area contributed by atoms with Gasteiger partial charge in [-0.15, -0.1) is 0 Å². The molecule has 0 unspecified atom stereocenters. The van der Waals surface area contributed by atoms with Crippen molar-refractivity contribution in [1.29, 1.82) is 0 Å². The molecule has 3 heterocycles. The number of hydrogen-bond acceptors (Lipinski definition) is 5. The van der Waals surface area contributed by atoms with Crippen LogP contribution in [0.1, 0.15) is 30.7 Å². The molecule has 3 saturated heterocycles. The Morgan fingerprint density at radius 2 is 1.89 bits per heavy atom. The van der Waals surface area contributed by atoms with E-state index in [2.05, 4.69) is 10.6 Å². The molecule has 1 aromatic carbocycles. The summed E-state index contributed by atoms with van der Waals surface area (Å²) in [6.07, 6.45) is 2.30. The molecule has 0 aliphatic carbocycles. The molecule has 0 aromatic heterocycles. The van der Waals surface area contributed by atoms with Gasteiger partial charge in [0.25, 0.3) is 5.91 Å². The van der Waals surface area contributed by atoms with E-state index >= 15 is 0 Å². The summed E-state index contributed by atoms with van der Waals surface area (Å²) in [6, 6.07) is 5.70. The molecular weight excluding hydrogens is 372 g/mol. The van der Waals surface area contributed by atoms with Crippen molar-refractivity contribution in [2.75, 3.05) is 25.0 Å². The minimum atomic E-state index is -4.58. The number of piperidine rings is 1. The second-order valence-electron chi connectivity index (χ2n) is 7.15. The lowest BCUT2D eigenvalue weighted by Crippen LogP contribution is -2.68. The summed E-state index contributed by atoms with van der Waals surface area (Å²) in [5.74, 6) is -0.406. The molecule has 0 bridgehead atoms. The summed E-state index contributed by atoms with van der Waals surface area (Å²) in [6.45, 7) is 2.13. The topological polar surface area (TPSA) is 119 Å². The molecule has 4 rings (SSSR count). The predicted molar refractivity (Wildman–Crippen MR) is 97.6 cm³/mol. The molecule has 9 nitrogen and oxygen atoms in total. The second-order valence-corrected chi connectivity index (χ2v) is 8.44. The third-order valence-corrected chi connectivity index (χ3v) is 6.58. The molecule has 3 aliphatic rings. The van der Waals surface area contributed by atoms with Gasteiger partial charge in [-0.1, -0.05) is 18.2 Å². The number of anilines is 1. The van der Waals surface area contributed by atoms with Crippen LogP contribution in [-0.4, -0.2) is 65.8 Å². The van der Waals surface area contributed by atoms with Gasteiger partial charge in [0.1, 0.15) is 6.04 Å². The maximum atomic E-state index is 12.8. The Morgan fingerprint density at radius 1 is 1.19 bits per heavy atom. The van der Waals surface area contributed by atoms with Crippen molar-refractivity contribution >= 4 is 27.9 Å². The second kappa shape index (κ2) is 6.77. The van der Waals surface area contributed by atoms with Crippen LogP contribution in [0, 0.1) is 0 Å². The van der Waals surface area contributed by atoms with E-state index in [1.54, 1.807) is 0 Å². The smallest absolute Gasteiger partial charge is 0.317 e. The van der Waals surface area contributed by atoms with Gasteiger partial charge >= 0.3 is 16.3 Å². The zero-order chi connectivity index (χ0) is 19.2. The third-order valence-electron chi connectivity index (χ3n) is 5.63. The van der Waals surface area contributed by atoms with Gasteiger partial charge in [0, 0.05) is 12.2 Å². The maximum Gasteiger partial charge on any atom is 0.362 e. The van der Waals surface area contributed by atoms with E-state index in [4.69, 9.17) is 4.55 Å². The van der Waals surface area contributed by atoms with Crippen LogP contribution in [-0.2, 0) is 15.1 Å². The van der Waals surface area contributed by atoms with Crippen molar-refractivity contribution < 1.29 is 22.6 Å². The summed E-state index contributed by atoms with van der Waals surface area (Å²) in [4.78, 5) is 26.2. The average Bonchev–Trinajstić information content (AvgIpc) is 3.00. The first-order valence-electron chi connectivity index (χ1n) is 9.06. The number of para-hydroxylation sites is 1. The number of nitrogens with zero attached hydrogens (tertiary/aromatic N) is 2. The molecule has 3 fully saturated rings. The summed E-state index contributed by atoms with van der Waals surface area (Å²) >= 11 is 0. The van der Waals surface area contributed by atoms with Gasteiger partial charge in [0.15, 0.2) is 0 Å². The number of carbonyl (C=O) groups excluding carboxylic acids is 2. The molecule has 2 atom stereocenters. The van der Waals surface area contributed by atoms with Crippen LogP contribution >= 0.6 is 0 Å². The van der Waals surface area contributed by atoms with E-state index in [-0.39, 0.29) is 6.54 Å². The Morgan fingerprint density at radius 3 is 2.59 bits per heavy atom. The predicted octanol–water partition coefficient (Wildman–Crippen LogP) is 0.773. The van der Waals surface area contributed by atoms with Gasteiger partial charge in [-0.25, -0.2) is 9.10 Å². The van der Waals surface area contributed by atoms with Crippen LogP contribution in [0.15, 0.2) is 24.3 Å². The minimum absolute atomic E-state index is 0.258. The molecule has 0 spiro atoms. The number of amides is 3. The van der Waals surface area contributed by atoms with E-state index in [1.165, 1.54) is 4.90 Å². The lowest BCUT2D eigenvalue weighted by Gasteiger charge is -2.42. The third kappa shape index (κ3) is 3.17. The van der Waals surface area contributed by atoms with Gasteiger partial charge in [0.2, 0.25) is 0 Å². The Bertz CT molecular complexity index is 868. The Kier molecular flexibility index (Phi) is 4.57. The first-order valence-corrected chi connectivity index (χ1v) is 10.5. The zero-order valence-corrected chi connectivity index (χ0v) is 15.5. The minimum Gasteiger partial charge on any atom is -0.317 e. The van der Waals surface area contributed by atoms with E-state index in [9.17, 15) is 18.0 Å². The van der Waals surface area contributed by atoms with Gasteiger partial charge < -0.3 is 15.5 Å². The molecule has 27 heavy (non-hydrogen) atoms. The van der Waals surface area contributed by atoms with E-state index in [1.807, 2.05) is 24.3 Å². The summed E-state index contributed by atoms with van der Waals surface area (Å²) in [5.41, 5.74) is 1.79. The number of fused-ring (bicyclic) bond motifs is 1. The zero-order valence-electron chi connectivity index (χ0n) is 14.7. The number of hydrogen-bond donors (Lipinski definition) is 3. The molecule has 3 amide bonds. The highest BCUT2D eigenvalue weighted by molar-refractivity contribution is 7.84. The standard InChI is InChI=1S/C17H22N4O5S/c22-16-15-14(21(16)27(24,25)26)7-10-20(15)17(23)19-13-4-2-1-3-12(13)11-5-8-18-9-6-11/h1-4,11,14-15,18H,5-10H2,(H,19,23)(H,24,25,26)/t14-,15+/m1/s1. The monoisotopic (exact) mass is 394 g/mol. The Labute approximate surface area is 157 Å². The maximum absolute atomic E-state index is 12.8. The fourth-order valence-corrected chi connectivity index (χ4v) is 5.23. The molecule has 3 N–H and O–H groups in total. The summed E-state index contributed by atoms with van der Waals surface area (Å²) < 4.78 is 32.2. The van der Waals surface area contributed by atoms with Crippen molar-refractivity contribution in [3.8, 4) is 0 Å². The fourth-order valence-electron chi connectivity index (χ4n) is 4.33. The van der Waals surface area contributed by atoms with E-state index in [0.29, 0.717) is 16.6 Å². The Hall–Kier alpha value is -2.17. The van der Waals surface area contributed by atoms with Gasteiger partial charge in [0.05, 0.1) is 6.04 Å². The quantitative estimate of drug-likeness (QED) is 0.515. The van der Waals surface area contributed by atoms with E-state index in [0.717, 1.165) is 37.2 Å².